The van der Waals surface area contributed by atoms with Gasteiger partial charge in [-0.2, -0.15) is 0 Å². The molecule has 2 aliphatic rings. The van der Waals surface area contributed by atoms with Crippen molar-refractivity contribution in [1.29, 1.82) is 0 Å². The van der Waals surface area contributed by atoms with Crippen molar-refractivity contribution in [2.24, 2.45) is 5.92 Å². The summed E-state index contributed by atoms with van der Waals surface area (Å²) in [6.45, 7) is 2.21. The molecule has 86 valence electrons. The zero-order valence-electron chi connectivity index (χ0n) is 9.95. The van der Waals surface area contributed by atoms with Crippen molar-refractivity contribution < 1.29 is 5.11 Å². The Hall–Kier alpha value is -0.820. The zero-order valence-corrected chi connectivity index (χ0v) is 9.95. The molecule has 0 aliphatic heterocycles. The van der Waals surface area contributed by atoms with Crippen LogP contribution in [0.1, 0.15) is 56.1 Å². The Balaban J connectivity index is 1.84. The SMILES string of the molecule is CC1CC(O)(c2cccc(C3CCC3)c2)C1. The van der Waals surface area contributed by atoms with Crippen molar-refractivity contribution in [3.8, 4) is 0 Å². The van der Waals surface area contributed by atoms with Crippen LogP contribution in [0.15, 0.2) is 24.3 Å². The molecule has 1 aromatic carbocycles. The van der Waals surface area contributed by atoms with Crippen LogP contribution in [0.3, 0.4) is 0 Å². The van der Waals surface area contributed by atoms with E-state index in [0.717, 1.165) is 24.3 Å². The molecular formula is C15H20O. The van der Waals surface area contributed by atoms with Crippen molar-refractivity contribution in [3.05, 3.63) is 35.4 Å². The molecule has 0 aromatic heterocycles. The number of benzene rings is 1. The largest absolute Gasteiger partial charge is 0.385 e. The first-order valence-corrected chi connectivity index (χ1v) is 6.50. The molecule has 0 amide bonds. The van der Waals surface area contributed by atoms with Gasteiger partial charge < -0.3 is 5.11 Å². The van der Waals surface area contributed by atoms with E-state index in [1.165, 1.54) is 24.8 Å². The Morgan fingerprint density at radius 2 is 2.00 bits per heavy atom. The monoisotopic (exact) mass is 216 g/mol. The fraction of sp³-hybridized carbons (Fsp3) is 0.600. The number of hydrogen-bond donors (Lipinski definition) is 1. The summed E-state index contributed by atoms with van der Waals surface area (Å²) >= 11 is 0. The molecular weight excluding hydrogens is 196 g/mol. The smallest absolute Gasteiger partial charge is 0.0901 e. The topological polar surface area (TPSA) is 20.2 Å². The summed E-state index contributed by atoms with van der Waals surface area (Å²) in [4.78, 5) is 0. The quantitative estimate of drug-likeness (QED) is 0.801. The summed E-state index contributed by atoms with van der Waals surface area (Å²) < 4.78 is 0. The first-order valence-electron chi connectivity index (χ1n) is 6.50. The lowest BCUT2D eigenvalue weighted by Gasteiger charge is -2.43. The van der Waals surface area contributed by atoms with E-state index in [-0.39, 0.29) is 0 Å². The maximum atomic E-state index is 10.4. The van der Waals surface area contributed by atoms with Crippen molar-refractivity contribution in [2.45, 2.75) is 50.5 Å². The average Bonchev–Trinajstić information content (AvgIpc) is 2.13. The Labute approximate surface area is 97.5 Å². The predicted molar refractivity (Wildman–Crippen MR) is 65.3 cm³/mol. The maximum Gasteiger partial charge on any atom is 0.0901 e. The molecule has 0 saturated heterocycles. The molecule has 1 heteroatoms. The Bertz CT molecular complexity index is 386. The minimum atomic E-state index is -0.515. The lowest BCUT2D eigenvalue weighted by atomic mass is 9.67. The molecule has 0 unspecified atom stereocenters. The number of aliphatic hydroxyl groups is 1. The van der Waals surface area contributed by atoms with Gasteiger partial charge >= 0.3 is 0 Å². The number of hydrogen-bond acceptors (Lipinski definition) is 1. The van der Waals surface area contributed by atoms with Crippen LogP contribution in [0, 0.1) is 5.92 Å². The molecule has 0 radical (unpaired) electrons. The van der Waals surface area contributed by atoms with Gasteiger partial charge in [0, 0.05) is 0 Å². The van der Waals surface area contributed by atoms with E-state index in [1.54, 1.807) is 0 Å². The second kappa shape index (κ2) is 3.59. The molecule has 2 fully saturated rings. The van der Waals surface area contributed by atoms with Crippen molar-refractivity contribution in [2.75, 3.05) is 0 Å². The predicted octanol–water partition coefficient (Wildman–Crippen LogP) is 3.57. The van der Waals surface area contributed by atoms with E-state index in [2.05, 4.69) is 31.2 Å². The zero-order chi connectivity index (χ0) is 11.2. The van der Waals surface area contributed by atoms with Gasteiger partial charge in [0.25, 0.3) is 0 Å². The van der Waals surface area contributed by atoms with E-state index < -0.39 is 5.60 Å². The van der Waals surface area contributed by atoms with Gasteiger partial charge in [0.05, 0.1) is 5.60 Å². The van der Waals surface area contributed by atoms with Gasteiger partial charge in [0.1, 0.15) is 0 Å². The first-order chi connectivity index (χ1) is 7.67. The van der Waals surface area contributed by atoms with Crippen LogP contribution in [-0.2, 0) is 5.60 Å². The minimum Gasteiger partial charge on any atom is -0.385 e. The first kappa shape index (κ1) is 10.3. The Morgan fingerprint density at radius 1 is 1.25 bits per heavy atom. The third-order valence-electron chi connectivity index (χ3n) is 4.37. The summed E-state index contributed by atoms with van der Waals surface area (Å²) in [5, 5.41) is 10.4. The third-order valence-corrected chi connectivity index (χ3v) is 4.37. The lowest BCUT2D eigenvalue weighted by molar-refractivity contribution is -0.0739. The summed E-state index contributed by atoms with van der Waals surface area (Å²) in [5.74, 6) is 1.44. The van der Waals surface area contributed by atoms with E-state index >= 15 is 0 Å². The lowest BCUT2D eigenvalue weighted by Crippen LogP contribution is -2.39. The normalized spacial score (nSPS) is 34.2. The van der Waals surface area contributed by atoms with Crippen LogP contribution >= 0.6 is 0 Å². The van der Waals surface area contributed by atoms with Crippen LogP contribution in [0.5, 0.6) is 0 Å². The summed E-state index contributed by atoms with van der Waals surface area (Å²) in [6.07, 6.45) is 5.90. The minimum absolute atomic E-state index is 0.515. The molecule has 0 spiro atoms. The third kappa shape index (κ3) is 1.58. The average molecular weight is 216 g/mol. The molecule has 16 heavy (non-hydrogen) atoms. The van der Waals surface area contributed by atoms with Gasteiger partial charge in [-0.25, -0.2) is 0 Å². The van der Waals surface area contributed by atoms with Gasteiger partial charge in [-0.1, -0.05) is 37.6 Å². The molecule has 1 N–H and O–H groups in total. The van der Waals surface area contributed by atoms with E-state index in [1.807, 2.05) is 0 Å². The van der Waals surface area contributed by atoms with Crippen LogP contribution < -0.4 is 0 Å². The molecule has 3 rings (SSSR count). The molecule has 1 nitrogen and oxygen atoms in total. The van der Waals surface area contributed by atoms with Crippen LogP contribution in [0.25, 0.3) is 0 Å². The van der Waals surface area contributed by atoms with Crippen molar-refractivity contribution in [3.63, 3.8) is 0 Å². The van der Waals surface area contributed by atoms with Crippen LogP contribution in [0.4, 0.5) is 0 Å². The fourth-order valence-corrected chi connectivity index (χ4v) is 3.15. The molecule has 2 aliphatic carbocycles. The summed E-state index contributed by atoms with van der Waals surface area (Å²) in [5.41, 5.74) is 2.07. The van der Waals surface area contributed by atoms with Gasteiger partial charge in [-0.05, 0) is 48.6 Å². The highest BCUT2D eigenvalue weighted by Gasteiger charge is 2.41. The molecule has 0 bridgehead atoms. The van der Waals surface area contributed by atoms with E-state index in [9.17, 15) is 5.11 Å². The second-order valence-electron chi connectivity index (χ2n) is 5.80. The Kier molecular flexibility index (Phi) is 2.32. The summed E-state index contributed by atoms with van der Waals surface area (Å²) in [7, 11) is 0. The highest BCUT2D eigenvalue weighted by atomic mass is 16.3. The Morgan fingerprint density at radius 3 is 2.56 bits per heavy atom. The van der Waals surface area contributed by atoms with Crippen molar-refractivity contribution >= 4 is 0 Å². The van der Waals surface area contributed by atoms with Crippen LogP contribution in [0.2, 0.25) is 0 Å². The molecule has 0 atom stereocenters. The molecule has 1 aromatic rings. The van der Waals surface area contributed by atoms with Crippen LogP contribution in [-0.4, -0.2) is 5.11 Å². The van der Waals surface area contributed by atoms with E-state index in [0.29, 0.717) is 5.92 Å². The highest BCUT2D eigenvalue weighted by molar-refractivity contribution is 5.32. The maximum absolute atomic E-state index is 10.4. The molecule has 0 heterocycles. The van der Waals surface area contributed by atoms with Gasteiger partial charge in [0.2, 0.25) is 0 Å². The number of rotatable bonds is 2. The fourth-order valence-electron chi connectivity index (χ4n) is 3.15. The van der Waals surface area contributed by atoms with Gasteiger partial charge in [0.15, 0.2) is 0 Å². The van der Waals surface area contributed by atoms with Crippen molar-refractivity contribution in [1.82, 2.24) is 0 Å². The summed E-state index contributed by atoms with van der Waals surface area (Å²) in [6, 6.07) is 8.67. The molecule has 2 saturated carbocycles. The van der Waals surface area contributed by atoms with E-state index in [4.69, 9.17) is 0 Å². The van der Waals surface area contributed by atoms with Gasteiger partial charge in [-0.15, -0.1) is 0 Å². The standard InChI is InChI=1S/C15H20O/c1-11-9-15(16,10-11)14-7-3-6-13(8-14)12-4-2-5-12/h3,6-8,11-12,16H,2,4-5,9-10H2,1H3. The highest BCUT2D eigenvalue weighted by Crippen LogP contribution is 2.46. The second-order valence-corrected chi connectivity index (χ2v) is 5.80. The van der Waals surface area contributed by atoms with Gasteiger partial charge in [-0.3, -0.25) is 0 Å².